The van der Waals surface area contributed by atoms with Crippen LogP contribution in [0.3, 0.4) is 0 Å². The van der Waals surface area contributed by atoms with Gasteiger partial charge in [-0.05, 0) is 24.5 Å². The molecule has 3 atom stereocenters. The van der Waals surface area contributed by atoms with Crippen LogP contribution in [0, 0.1) is 11.8 Å². The van der Waals surface area contributed by atoms with Gasteiger partial charge in [-0.2, -0.15) is 11.8 Å². The molecule has 2 N–H and O–H groups in total. The molecule has 0 aliphatic carbocycles. The SMILES string of the molecule is CC(COO)CSCC(C)C(=O)N1CCCC1C(=O)O. The van der Waals surface area contributed by atoms with E-state index in [1.165, 1.54) is 4.90 Å². The van der Waals surface area contributed by atoms with E-state index in [-0.39, 0.29) is 24.3 Å². The highest BCUT2D eigenvalue weighted by atomic mass is 32.2. The van der Waals surface area contributed by atoms with E-state index in [9.17, 15) is 9.59 Å². The number of hydrogen-bond donors (Lipinski definition) is 2. The van der Waals surface area contributed by atoms with Gasteiger partial charge < -0.3 is 10.0 Å². The molecule has 20 heavy (non-hydrogen) atoms. The molecule has 0 aromatic rings. The van der Waals surface area contributed by atoms with Crippen molar-refractivity contribution in [1.82, 2.24) is 4.90 Å². The fraction of sp³-hybridized carbons (Fsp3) is 0.846. The molecule has 3 unspecified atom stereocenters. The monoisotopic (exact) mass is 305 g/mol. The highest BCUT2D eigenvalue weighted by Crippen LogP contribution is 2.22. The quantitative estimate of drug-likeness (QED) is 0.523. The van der Waals surface area contributed by atoms with Gasteiger partial charge in [-0.3, -0.25) is 10.1 Å². The number of amides is 1. The minimum absolute atomic E-state index is 0.0755. The first kappa shape index (κ1) is 17.3. The minimum atomic E-state index is -0.913. The van der Waals surface area contributed by atoms with Gasteiger partial charge in [0.15, 0.2) is 0 Å². The Bertz CT molecular complexity index is 339. The number of hydrogen-bond acceptors (Lipinski definition) is 5. The Morgan fingerprint density at radius 3 is 2.70 bits per heavy atom. The van der Waals surface area contributed by atoms with Crippen LogP contribution in [0.2, 0.25) is 0 Å². The van der Waals surface area contributed by atoms with Gasteiger partial charge in [0.2, 0.25) is 5.91 Å². The maximum absolute atomic E-state index is 12.2. The Hall–Kier alpha value is -0.790. The Morgan fingerprint density at radius 2 is 2.10 bits per heavy atom. The number of carbonyl (C=O) groups is 2. The van der Waals surface area contributed by atoms with Gasteiger partial charge in [0, 0.05) is 18.2 Å². The topological polar surface area (TPSA) is 87.1 Å². The summed E-state index contributed by atoms with van der Waals surface area (Å²) in [5, 5.41) is 17.4. The van der Waals surface area contributed by atoms with Crippen LogP contribution >= 0.6 is 11.8 Å². The maximum Gasteiger partial charge on any atom is 0.326 e. The molecule has 1 amide bonds. The molecule has 0 aromatic carbocycles. The zero-order chi connectivity index (χ0) is 15.1. The molecule has 0 aromatic heterocycles. The molecule has 116 valence electrons. The van der Waals surface area contributed by atoms with Crippen LogP contribution in [0.5, 0.6) is 0 Å². The molecule has 1 saturated heterocycles. The van der Waals surface area contributed by atoms with Gasteiger partial charge in [-0.25, -0.2) is 9.68 Å². The summed E-state index contributed by atoms with van der Waals surface area (Å²) in [5.74, 6) is 0.476. The summed E-state index contributed by atoms with van der Waals surface area (Å²) >= 11 is 1.62. The lowest BCUT2D eigenvalue weighted by molar-refractivity contribution is -0.248. The first-order chi connectivity index (χ1) is 9.47. The summed E-state index contributed by atoms with van der Waals surface area (Å²) in [4.78, 5) is 28.9. The number of carbonyl (C=O) groups excluding carboxylic acids is 1. The van der Waals surface area contributed by atoms with Crippen molar-refractivity contribution in [3.05, 3.63) is 0 Å². The molecule has 1 fully saturated rings. The number of carboxylic acid groups (broad SMARTS) is 1. The Balaban J connectivity index is 2.37. The van der Waals surface area contributed by atoms with Crippen LogP contribution in [0.15, 0.2) is 0 Å². The Kier molecular flexibility index (Phi) is 7.32. The molecule has 0 spiro atoms. The maximum atomic E-state index is 12.2. The van der Waals surface area contributed by atoms with Crippen LogP contribution in [0.1, 0.15) is 26.7 Å². The number of rotatable bonds is 8. The van der Waals surface area contributed by atoms with Crippen LogP contribution in [-0.2, 0) is 14.5 Å². The third kappa shape index (κ3) is 4.96. The van der Waals surface area contributed by atoms with Crippen molar-refractivity contribution in [2.75, 3.05) is 24.7 Å². The average molecular weight is 305 g/mol. The number of thioether (sulfide) groups is 1. The van der Waals surface area contributed by atoms with Crippen molar-refractivity contribution in [3.63, 3.8) is 0 Å². The highest BCUT2D eigenvalue weighted by molar-refractivity contribution is 7.99. The molecule has 1 aliphatic rings. The number of aliphatic carboxylic acids is 1. The summed E-state index contributed by atoms with van der Waals surface area (Å²) in [6.07, 6.45) is 1.30. The lowest BCUT2D eigenvalue weighted by Crippen LogP contribution is -2.43. The summed E-state index contributed by atoms with van der Waals surface area (Å²) in [7, 11) is 0. The van der Waals surface area contributed by atoms with Crippen LogP contribution in [0.4, 0.5) is 0 Å². The van der Waals surface area contributed by atoms with Crippen LogP contribution in [-0.4, -0.2) is 57.8 Å². The van der Waals surface area contributed by atoms with E-state index in [0.717, 1.165) is 12.2 Å². The predicted octanol–water partition coefficient (Wildman–Crippen LogP) is 1.56. The van der Waals surface area contributed by atoms with Gasteiger partial charge in [-0.15, -0.1) is 0 Å². The molecule has 0 radical (unpaired) electrons. The molecule has 6 nitrogen and oxygen atoms in total. The standard InChI is InChI=1S/C13H23NO5S/c1-9(6-19-18)7-20-8-10(2)12(15)14-5-3-4-11(14)13(16)17/h9-11,18H,3-8H2,1-2H3,(H,16,17). The normalized spacial score (nSPS) is 21.8. The van der Waals surface area contributed by atoms with Crippen LogP contribution in [0.25, 0.3) is 0 Å². The lowest BCUT2D eigenvalue weighted by atomic mass is 10.1. The van der Waals surface area contributed by atoms with Crippen molar-refractivity contribution >= 4 is 23.6 Å². The molecular weight excluding hydrogens is 282 g/mol. The average Bonchev–Trinajstić information content (AvgIpc) is 2.87. The number of carboxylic acids is 1. The van der Waals surface area contributed by atoms with E-state index in [1.54, 1.807) is 11.8 Å². The zero-order valence-corrected chi connectivity index (χ0v) is 12.8. The summed E-state index contributed by atoms with van der Waals surface area (Å²) in [6.45, 7) is 4.61. The van der Waals surface area contributed by atoms with Gasteiger partial charge in [0.1, 0.15) is 6.04 Å². The molecular formula is C13H23NO5S. The Labute approximate surface area is 123 Å². The van der Waals surface area contributed by atoms with Gasteiger partial charge in [-0.1, -0.05) is 13.8 Å². The van der Waals surface area contributed by atoms with Crippen molar-refractivity contribution in [2.45, 2.75) is 32.7 Å². The third-order valence-corrected chi connectivity index (χ3v) is 4.91. The second-order valence-corrected chi connectivity index (χ2v) is 6.44. The molecule has 1 heterocycles. The van der Waals surface area contributed by atoms with Gasteiger partial charge >= 0.3 is 5.97 Å². The summed E-state index contributed by atoms with van der Waals surface area (Å²) in [6, 6.07) is -0.656. The van der Waals surface area contributed by atoms with E-state index in [0.29, 0.717) is 18.7 Å². The lowest BCUT2D eigenvalue weighted by Gasteiger charge is -2.25. The largest absolute Gasteiger partial charge is 0.480 e. The minimum Gasteiger partial charge on any atom is -0.480 e. The van der Waals surface area contributed by atoms with E-state index >= 15 is 0 Å². The van der Waals surface area contributed by atoms with E-state index in [1.807, 2.05) is 13.8 Å². The zero-order valence-electron chi connectivity index (χ0n) is 11.9. The van der Waals surface area contributed by atoms with Gasteiger partial charge in [0.05, 0.1) is 6.61 Å². The van der Waals surface area contributed by atoms with Crippen molar-refractivity contribution in [3.8, 4) is 0 Å². The van der Waals surface area contributed by atoms with E-state index in [2.05, 4.69) is 4.89 Å². The highest BCUT2D eigenvalue weighted by Gasteiger charge is 2.35. The molecule has 1 aliphatic heterocycles. The predicted molar refractivity (Wildman–Crippen MR) is 76.6 cm³/mol. The van der Waals surface area contributed by atoms with E-state index < -0.39 is 12.0 Å². The fourth-order valence-electron chi connectivity index (χ4n) is 2.26. The van der Waals surface area contributed by atoms with Crippen molar-refractivity contribution < 1.29 is 24.8 Å². The van der Waals surface area contributed by atoms with Crippen LogP contribution < -0.4 is 0 Å². The third-order valence-electron chi connectivity index (χ3n) is 3.37. The second kappa shape index (κ2) is 8.49. The van der Waals surface area contributed by atoms with Gasteiger partial charge in [0.25, 0.3) is 0 Å². The first-order valence-electron chi connectivity index (χ1n) is 6.84. The number of nitrogens with zero attached hydrogens (tertiary/aromatic N) is 1. The summed E-state index contributed by atoms with van der Waals surface area (Å²) in [5.41, 5.74) is 0. The molecule has 1 rings (SSSR count). The molecule has 0 saturated carbocycles. The number of likely N-dealkylation sites (tertiary alicyclic amines) is 1. The second-order valence-electron chi connectivity index (χ2n) is 5.37. The summed E-state index contributed by atoms with van der Waals surface area (Å²) < 4.78 is 0. The smallest absolute Gasteiger partial charge is 0.326 e. The fourth-order valence-corrected chi connectivity index (χ4v) is 3.39. The van der Waals surface area contributed by atoms with Crippen molar-refractivity contribution in [1.29, 1.82) is 0 Å². The van der Waals surface area contributed by atoms with Crippen molar-refractivity contribution in [2.24, 2.45) is 11.8 Å². The molecule has 0 bridgehead atoms. The van der Waals surface area contributed by atoms with E-state index in [4.69, 9.17) is 10.4 Å². The molecule has 7 heteroatoms. The first-order valence-corrected chi connectivity index (χ1v) is 8.00. The Morgan fingerprint density at radius 1 is 1.40 bits per heavy atom.